The number of fused-ring (bicyclic) bond motifs is 1. The summed E-state index contributed by atoms with van der Waals surface area (Å²) in [4.78, 5) is 15.7. The van der Waals surface area contributed by atoms with Gasteiger partial charge in [-0.25, -0.2) is 9.78 Å². The maximum absolute atomic E-state index is 11.3. The molecule has 1 heterocycles. The molecule has 21 heavy (non-hydrogen) atoms. The van der Waals surface area contributed by atoms with Crippen LogP contribution >= 0.6 is 15.9 Å². The van der Waals surface area contributed by atoms with Gasteiger partial charge in [0, 0.05) is 6.08 Å². The maximum Gasteiger partial charge on any atom is 0.335 e. The number of halogens is 1. The minimum atomic E-state index is -0.523. The molecular formula is C16H10BrNO3. The Bertz CT molecular complexity index is 805. The summed E-state index contributed by atoms with van der Waals surface area (Å²) >= 11 is 3.42. The number of carbonyl (C=O) groups is 1. The zero-order chi connectivity index (χ0) is 14.8. The molecule has 5 heteroatoms. The van der Waals surface area contributed by atoms with E-state index in [1.165, 1.54) is 0 Å². The molecule has 3 rings (SSSR count). The van der Waals surface area contributed by atoms with Gasteiger partial charge < -0.3 is 9.15 Å². The molecule has 3 aromatic rings. The highest BCUT2D eigenvalue weighted by Crippen LogP contribution is 2.36. The van der Waals surface area contributed by atoms with Crippen LogP contribution in [0.1, 0.15) is 0 Å². The Morgan fingerprint density at radius 2 is 2.05 bits per heavy atom. The molecule has 0 saturated carbocycles. The van der Waals surface area contributed by atoms with Gasteiger partial charge in [0.1, 0.15) is 11.3 Å². The van der Waals surface area contributed by atoms with E-state index in [2.05, 4.69) is 27.5 Å². The van der Waals surface area contributed by atoms with Gasteiger partial charge in [-0.2, -0.15) is 0 Å². The SMILES string of the molecule is C=CC(=O)Oc1cccc(-c2nc3ccccc3o2)c1Br. The van der Waals surface area contributed by atoms with Gasteiger partial charge in [0.25, 0.3) is 0 Å². The van der Waals surface area contributed by atoms with Gasteiger partial charge >= 0.3 is 5.97 Å². The van der Waals surface area contributed by atoms with E-state index < -0.39 is 5.97 Å². The first kappa shape index (κ1) is 13.6. The number of carbonyl (C=O) groups excluding carboxylic acids is 1. The zero-order valence-electron chi connectivity index (χ0n) is 10.9. The fourth-order valence-electron chi connectivity index (χ4n) is 1.89. The summed E-state index contributed by atoms with van der Waals surface area (Å²) in [6.45, 7) is 3.38. The molecule has 0 radical (unpaired) electrons. The van der Waals surface area contributed by atoms with Gasteiger partial charge in [0.15, 0.2) is 5.58 Å². The first-order chi connectivity index (χ1) is 10.2. The van der Waals surface area contributed by atoms with E-state index in [1.807, 2.05) is 30.3 Å². The van der Waals surface area contributed by atoms with E-state index in [-0.39, 0.29) is 0 Å². The molecule has 0 aliphatic heterocycles. The van der Waals surface area contributed by atoms with Gasteiger partial charge in [-0.15, -0.1) is 0 Å². The molecule has 0 fully saturated rings. The number of ether oxygens (including phenoxy) is 1. The van der Waals surface area contributed by atoms with Crippen molar-refractivity contribution in [3.8, 4) is 17.2 Å². The highest BCUT2D eigenvalue weighted by molar-refractivity contribution is 9.10. The number of esters is 1. The van der Waals surface area contributed by atoms with Crippen molar-refractivity contribution in [2.45, 2.75) is 0 Å². The Balaban J connectivity index is 2.07. The topological polar surface area (TPSA) is 52.3 Å². The van der Waals surface area contributed by atoms with Crippen LogP contribution in [0.2, 0.25) is 0 Å². The number of hydrogen-bond donors (Lipinski definition) is 0. The van der Waals surface area contributed by atoms with Crippen LogP contribution in [0.3, 0.4) is 0 Å². The highest BCUT2D eigenvalue weighted by atomic mass is 79.9. The molecule has 104 valence electrons. The second kappa shape index (κ2) is 5.54. The molecule has 0 atom stereocenters. The molecule has 1 aromatic heterocycles. The summed E-state index contributed by atoms with van der Waals surface area (Å²) in [7, 11) is 0. The van der Waals surface area contributed by atoms with E-state index in [1.54, 1.807) is 12.1 Å². The Morgan fingerprint density at radius 3 is 2.81 bits per heavy atom. The van der Waals surface area contributed by atoms with Crippen LogP contribution < -0.4 is 4.74 Å². The van der Waals surface area contributed by atoms with Crippen LogP contribution in [0.15, 0.2) is 64.0 Å². The van der Waals surface area contributed by atoms with Gasteiger partial charge in [-0.05, 0) is 40.2 Å². The fourth-order valence-corrected chi connectivity index (χ4v) is 2.41. The first-order valence-corrected chi connectivity index (χ1v) is 6.97. The van der Waals surface area contributed by atoms with E-state index in [9.17, 15) is 4.79 Å². The number of nitrogens with zero attached hydrogens (tertiary/aromatic N) is 1. The lowest BCUT2D eigenvalue weighted by molar-refractivity contribution is -0.129. The third kappa shape index (κ3) is 2.60. The smallest absolute Gasteiger partial charge is 0.335 e. The van der Waals surface area contributed by atoms with Crippen LogP contribution in [-0.2, 0) is 4.79 Å². The number of aromatic nitrogens is 1. The van der Waals surface area contributed by atoms with Crippen molar-refractivity contribution >= 4 is 33.0 Å². The molecule has 4 nitrogen and oxygen atoms in total. The third-order valence-corrected chi connectivity index (χ3v) is 3.68. The standard InChI is InChI=1S/C16H10BrNO3/c1-2-14(19)20-13-9-5-6-10(15(13)17)16-18-11-7-3-4-8-12(11)21-16/h2-9H,1H2. The maximum atomic E-state index is 11.3. The summed E-state index contributed by atoms with van der Waals surface area (Å²) in [5.41, 5.74) is 2.18. The van der Waals surface area contributed by atoms with Gasteiger partial charge in [-0.3, -0.25) is 0 Å². The molecule has 0 N–H and O–H groups in total. The quantitative estimate of drug-likeness (QED) is 0.403. The fraction of sp³-hybridized carbons (Fsp3) is 0. The van der Waals surface area contributed by atoms with Crippen molar-refractivity contribution in [1.29, 1.82) is 0 Å². The number of oxazole rings is 1. The molecule has 0 spiro atoms. The van der Waals surface area contributed by atoms with Crippen LogP contribution in [-0.4, -0.2) is 11.0 Å². The van der Waals surface area contributed by atoms with Crippen molar-refractivity contribution in [3.05, 3.63) is 59.6 Å². The molecule has 0 aliphatic carbocycles. The lowest BCUT2D eigenvalue weighted by Gasteiger charge is -2.06. The van der Waals surface area contributed by atoms with Crippen LogP contribution in [0.25, 0.3) is 22.6 Å². The summed E-state index contributed by atoms with van der Waals surface area (Å²) < 4.78 is 11.5. The van der Waals surface area contributed by atoms with Crippen LogP contribution in [0.4, 0.5) is 0 Å². The largest absolute Gasteiger partial charge is 0.436 e. The van der Waals surface area contributed by atoms with E-state index in [4.69, 9.17) is 9.15 Å². The average Bonchev–Trinajstić information content (AvgIpc) is 2.92. The minimum Gasteiger partial charge on any atom is -0.436 e. The lowest BCUT2D eigenvalue weighted by Crippen LogP contribution is -2.03. The summed E-state index contributed by atoms with van der Waals surface area (Å²) in [5, 5.41) is 0. The van der Waals surface area contributed by atoms with E-state index in [0.29, 0.717) is 27.3 Å². The highest BCUT2D eigenvalue weighted by Gasteiger charge is 2.15. The molecule has 0 amide bonds. The Hall–Kier alpha value is -2.40. The van der Waals surface area contributed by atoms with Crippen molar-refractivity contribution in [1.82, 2.24) is 4.98 Å². The lowest BCUT2D eigenvalue weighted by atomic mass is 10.2. The van der Waals surface area contributed by atoms with Crippen LogP contribution in [0, 0.1) is 0 Å². The monoisotopic (exact) mass is 343 g/mol. The van der Waals surface area contributed by atoms with Gasteiger partial charge in [0.05, 0.1) is 10.0 Å². The summed E-state index contributed by atoms with van der Waals surface area (Å²) in [5.74, 6) is 0.324. The second-order valence-electron chi connectivity index (χ2n) is 4.23. The summed E-state index contributed by atoms with van der Waals surface area (Å²) in [6.07, 6.45) is 1.11. The average molecular weight is 344 g/mol. The third-order valence-electron chi connectivity index (χ3n) is 2.86. The molecule has 0 unspecified atom stereocenters. The Morgan fingerprint density at radius 1 is 1.24 bits per heavy atom. The zero-order valence-corrected chi connectivity index (χ0v) is 12.5. The second-order valence-corrected chi connectivity index (χ2v) is 5.02. The molecule has 2 aromatic carbocycles. The van der Waals surface area contributed by atoms with Gasteiger partial charge in [0.2, 0.25) is 5.89 Å². The summed E-state index contributed by atoms with van der Waals surface area (Å²) in [6, 6.07) is 12.8. The van der Waals surface area contributed by atoms with Crippen molar-refractivity contribution in [2.24, 2.45) is 0 Å². The Labute approximate surface area is 129 Å². The van der Waals surface area contributed by atoms with E-state index in [0.717, 1.165) is 11.6 Å². The Kier molecular flexibility index (Phi) is 3.58. The predicted octanol–water partition coefficient (Wildman–Crippen LogP) is 4.35. The van der Waals surface area contributed by atoms with E-state index >= 15 is 0 Å². The predicted molar refractivity (Wildman–Crippen MR) is 83.0 cm³/mol. The molecule has 0 bridgehead atoms. The number of benzene rings is 2. The minimum absolute atomic E-state index is 0.389. The normalized spacial score (nSPS) is 10.5. The molecule has 0 aliphatic rings. The molecular weight excluding hydrogens is 334 g/mol. The van der Waals surface area contributed by atoms with Crippen molar-refractivity contribution in [2.75, 3.05) is 0 Å². The number of hydrogen-bond acceptors (Lipinski definition) is 4. The molecule has 0 saturated heterocycles. The first-order valence-electron chi connectivity index (χ1n) is 6.18. The number of para-hydroxylation sites is 2. The van der Waals surface area contributed by atoms with Crippen molar-refractivity contribution in [3.63, 3.8) is 0 Å². The van der Waals surface area contributed by atoms with Crippen LogP contribution in [0.5, 0.6) is 5.75 Å². The van der Waals surface area contributed by atoms with Gasteiger partial charge in [-0.1, -0.05) is 24.8 Å². The van der Waals surface area contributed by atoms with Crippen molar-refractivity contribution < 1.29 is 13.9 Å². The number of rotatable bonds is 3.